The molecule has 72 valence electrons. The van der Waals surface area contributed by atoms with Gasteiger partial charge in [0.2, 0.25) is 0 Å². The Bertz CT molecular complexity index is 307. The summed E-state index contributed by atoms with van der Waals surface area (Å²) in [6, 6.07) is 4.19. The summed E-state index contributed by atoms with van der Waals surface area (Å²) in [6.07, 6.45) is 0. The van der Waals surface area contributed by atoms with Crippen LogP contribution in [-0.4, -0.2) is 8.42 Å². The Morgan fingerprint density at radius 1 is 1.08 bits per heavy atom. The van der Waals surface area contributed by atoms with E-state index in [2.05, 4.69) is 19.1 Å². The van der Waals surface area contributed by atoms with Crippen molar-refractivity contribution in [3.05, 3.63) is 33.8 Å². The van der Waals surface area contributed by atoms with Gasteiger partial charge >= 0.3 is 11.6 Å². The van der Waals surface area contributed by atoms with Gasteiger partial charge in [-0.2, -0.15) is 8.42 Å². The lowest BCUT2D eigenvalue weighted by Gasteiger charge is -2.02. The minimum Gasteiger partial charge on any atom is -0.168 e. The quantitative estimate of drug-likeness (QED) is 0.671. The molecule has 0 unspecified atom stereocenters. The molecule has 2 nitrogen and oxygen atoms in total. The van der Waals surface area contributed by atoms with Gasteiger partial charge in [0, 0.05) is 5.02 Å². The maximum Gasteiger partial charge on any atom is 0.335 e. The second kappa shape index (κ2) is 5.89. The molecule has 0 radical (unpaired) electrons. The van der Waals surface area contributed by atoms with Gasteiger partial charge in [-0.05, 0) is 31.9 Å². The van der Waals surface area contributed by atoms with Crippen LogP contribution in [0.15, 0.2) is 12.1 Å². The topological polar surface area (TPSA) is 34.1 Å². The Labute approximate surface area is 86.5 Å². The number of aryl methyl sites for hydroxylation is 3. The Morgan fingerprint density at radius 3 is 1.69 bits per heavy atom. The van der Waals surface area contributed by atoms with Crippen molar-refractivity contribution in [1.82, 2.24) is 0 Å². The molecule has 0 spiro atoms. The van der Waals surface area contributed by atoms with Crippen LogP contribution in [0.25, 0.3) is 0 Å². The van der Waals surface area contributed by atoms with E-state index in [0.717, 1.165) is 5.02 Å². The number of benzene rings is 1. The smallest absolute Gasteiger partial charge is 0.168 e. The summed E-state index contributed by atoms with van der Waals surface area (Å²) in [7, 11) is 0. The first kappa shape index (κ1) is 12.3. The molecule has 0 bridgehead atoms. The number of halogens is 1. The second-order valence-corrected chi connectivity index (χ2v) is 3.29. The number of hydrogen-bond donors (Lipinski definition) is 0. The van der Waals surface area contributed by atoms with Gasteiger partial charge in [-0.15, -0.1) is 0 Å². The molecule has 1 aromatic rings. The highest BCUT2D eigenvalue weighted by Gasteiger charge is 1.98. The lowest BCUT2D eigenvalue weighted by molar-refractivity contribution is 0.630. The van der Waals surface area contributed by atoms with Gasteiger partial charge < -0.3 is 0 Å². The Balaban J connectivity index is 0.000000424. The van der Waals surface area contributed by atoms with Crippen LogP contribution in [-0.2, 0) is 11.6 Å². The van der Waals surface area contributed by atoms with E-state index in [4.69, 9.17) is 20.0 Å². The zero-order valence-corrected chi connectivity index (χ0v) is 9.33. The molecule has 0 saturated carbocycles. The van der Waals surface area contributed by atoms with Crippen LogP contribution < -0.4 is 0 Å². The fourth-order valence-corrected chi connectivity index (χ4v) is 1.27. The Kier molecular flexibility index (Phi) is 5.58. The van der Waals surface area contributed by atoms with E-state index in [1.54, 1.807) is 0 Å². The molecule has 0 amide bonds. The molecule has 0 aliphatic rings. The van der Waals surface area contributed by atoms with Gasteiger partial charge in [-0.25, -0.2) is 0 Å². The van der Waals surface area contributed by atoms with Crippen LogP contribution in [0.2, 0.25) is 5.02 Å². The Hall–Kier alpha value is -0.670. The van der Waals surface area contributed by atoms with E-state index >= 15 is 0 Å². The summed E-state index contributed by atoms with van der Waals surface area (Å²) in [4.78, 5) is 0. The summed E-state index contributed by atoms with van der Waals surface area (Å²) in [6.45, 7) is 6.14. The molecule has 0 N–H and O–H groups in total. The normalized spacial score (nSPS) is 8.62. The molecule has 1 aromatic carbocycles. The predicted molar refractivity (Wildman–Crippen MR) is 54.6 cm³/mol. The average Bonchev–Trinajstić information content (AvgIpc) is 2.01. The fourth-order valence-electron chi connectivity index (χ4n) is 1.16. The van der Waals surface area contributed by atoms with Gasteiger partial charge in [-0.1, -0.05) is 29.3 Å². The van der Waals surface area contributed by atoms with E-state index in [1.807, 2.05) is 13.8 Å². The molecule has 0 aliphatic heterocycles. The van der Waals surface area contributed by atoms with Crippen molar-refractivity contribution in [2.75, 3.05) is 0 Å². The van der Waals surface area contributed by atoms with E-state index in [1.165, 1.54) is 16.7 Å². The molecule has 0 saturated heterocycles. The predicted octanol–water partition coefficient (Wildman–Crippen LogP) is 2.60. The summed E-state index contributed by atoms with van der Waals surface area (Å²) >= 11 is 5.20. The van der Waals surface area contributed by atoms with Gasteiger partial charge in [0.05, 0.1) is 0 Å². The van der Waals surface area contributed by atoms with Gasteiger partial charge in [0.1, 0.15) is 0 Å². The third-order valence-corrected chi connectivity index (χ3v) is 2.18. The number of rotatable bonds is 0. The molecule has 0 fully saturated rings. The standard InChI is InChI=1S/C9H11Cl.O2S/c1-6-4-7(2)9(10)8(3)5-6;1-3-2/h4-5H,1-3H3;. The van der Waals surface area contributed by atoms with E-state index in [9.17, 15) is 0 Å². The average molecular weight is 219 g/mol. The van der Waals surface area contributed by atoms with Crippen LogP contribution in [0.4, 0.5) is 0 Å². The van der Waals surface area contributed by atoms with Crippen molar-refractivity contribution < 1.29 is 8.42 Å². The molecule has 0 aromatic heterocycles. The maximum atomic E-state index is 8.29. The summed E-state index contributed by atoms with van der Waals surface area (Å²) in [5.41, 5.74) is 3.61. The third kappa shape index (κ3) is 4.20. The zero-order valence-electron chi connectivity index (χ0n) is 7.76. The highest BCUT2D eigenvalue weighted by atomic mass is 35.5. The van der Waals surface area contributed by atoms with Crippen LogP contribution in [0, 0.1) is 20.8 Å². The first-order chi connectivity index (χ1) is 6.02. The summed E-state index contributed by atoms with van der Waals surface area (Å²) < 4.78 is 16.6. The maximum absolute atomic E-state index is 8.29. The Morgan fingerprint density at radius 2 is 1.38 bits per heavy atom. The first-order valence-corrected chi connectivity index (χ1v) is 4.72. The van der Waals surface area contributed by atoms with Crippen molar-refractivity contribution in [1.29, 1.82) is 0 Å². The minimum absolute atomic E-state index is 0.750. The van der Waals surface area contributed by atoms with E-state index in [0.29, 0.717) is 0 Å². The molecule has 13 heavy (non-hydrogen) atoms. The largest absolute Gasteiger partial charge is 0.335 e. The minimum atomic E-state index is -0.750. The highest BCUT2D eigenvalue weighted by molar-refractivity contribution is 7.51. The molecular formula is C9H11ClO2S. The second-order valence-electron chi connectivity index (χ2n) is 2.78. The number of hydrogen-bond acceptors (Lipinski definition) is 2. The zero-order chi connectivity index (χ0) is 10.4. The van der Waals surface area contributed by atoms with Gasteiger partial charge in [0.25, 0.3) is 0 Å². The van der Waals surface area contributed by atoms with Crippen LogP contribution >= 0.6 is 11.6 Å². The van der Waals surface area contributed by atoms with Gasteiger partial charge in [0.15, 0.2) is 0 Å². The van der Waals surface area contributed by atoms with E-state index in [-0.39, 0.29) is 0 Å². The lowest BCUT2D eigenvalue weighted by Crippen LogP contribution is -1.82. The van der Waals surface area contributed by atoms with Crippen molar-refractivity contribution in [2.45, 2.75) is 20.8 Å². The van der Waals surface area contributed by atoms with E-state index < -0.39 is 11.6 Å². The summed E-state index contributed by atoms with van der Waals surface area (Å²) in [5.74, 6) is 0. The molecule has 1 rings (SSSR count). The lowest BCUT2D eigenvalue weighted by atomic mass is 10.1. The van der Waals surface area contributed by atoms with Crippen molar-refractivity contribution in [3.8, 4) is 0 Å². The van der Waals surface area contributed by atoms with Crippen LogP contribution in [0.1, 0.15) is 16.7 Å². The summed E-state index contributed by atoms with van der Waals surface area (Å²) in [5, 5.41) is 0.894. The van der Waals surface area contributed by atoms with Crippen molar-refractivity contribution >= 4 is 23.2 Å². The van der Waals surface area contributed by atoms with Crippen molar-refractivity contribution in [2.24, 2.45) is 0 Å². The van der Waals surface area contributed by atoms with Crippen molar-refractivity contribution in [3.63, 3.8) is 0 Å². The monoisotopic (exact) mass is 218 g/mol. The molecule has 4 heteroatoms. The van der Waals surface area contributed by atoms with Crippen LogP contribution in [0.5, 0.6) is 0 Å². The molecule has 0 aliphatic carbocycles. The highest BCUT2D eigenvalue weighted by Crippen LogP contribution is 2.20. The SMILES string of the molecule is Cc1cc(C)c(Cl)c(C)c1.O=S=O. The van der Waals surface area contributed by atoms with Gasteiger partial charge in [-0.3, -0.25) is 0 Å². The molecular weight excluding hydrogens is 208 g/mol. The van der Waals surface area contributed by atoms with Crippen LogP contribution in [0.3, 0.4) is 0 Å². The first-order valence-electron chi connectivity index (χ1n) is 3.68. The third-order valence-electron chi connectivity index (χ3n) is 1.58. The molecule has 0 heterocycles. The molecule has 0 atom stereocenters. The fraction of sp³-hybridized carbons (Fsp3) is 0.333.